The first-order valence-electron chi connectivity index (χ1n) is 8.44. The van der Waals surface area contributed by atoms with E-state index in [1.54, 1.807) is 29.2 Å². The molecule has 0 N–H and O–H groups in total. The normalized spacial score (nSPS) is 17.3. The second-order valence-corrected chi connectivity index (χ2v) is 8.75. The first-order chi connectivity index (χ1) is 12.4. The molecule has 138 valence electrons. The molecule has 1 fully saturated rings. The Hall–Kier alpha value is -2.05. The van der Waals surface area contributed by atoms with E-state index < -0.39 is 10.0 Å². The van der Waals surface area contributed by atoms with Gasteiger partial charge in [-0.3, -0.25) is 9.10 Å². The molecule has 1 unspecified atom stereocenters. The Morgan fingerprint density at radius 1 is 1.19 bits per heavy atom. The number of carbonyl (C=O) groups is 1. The summed E-state index contributed by atoms with van der Waals surface area (Å²) in [4.78, 5) is 14.7. The lowest BCUT2D eigenvalue weighted by molar-refractivity contribution is -0.130. The SMILES string of the molecule is CS(=O)(=O)N(CC(=O)N1CCCC1c1ccccc1)c1cccc(Cl)c1. The van der Waals surface area contributed by atoms with Crippen LogP contribution in [0.2, 0.25) is 5.02 Å². The number of rotatable bonds is 5. The van der Waals surface area contributed by atoms with Crippen molar-refractivity contribution in [2.45, 2.75) is 18.9 Å². The van der Waals surface area contributed by atoms with E-state index in [1.165, 1.54) is 0 Å². The molecule has 1 heterocycles. The minimum atomic E-state index is -3.61. The lowest BCUT2D eigenvalue weighted by atomic mass is 10.0. The van der Waals surface area contributed by atoms with E-state index in [0.717, 1.165) is 29.0 Å². The number of benzene rings is 2. The summed E-state index contributed by atoms with van der Waals surface area (Å²) in [5, 5.41) is 0.423. The van der Waals surface area contributed by atoms with Gasteiger partial charge >= 0.3 is 0 Å². The Balaban J connectivity index is 1.84. The molecule has 0 aliphatic carbocycles. The highest BCUT2D eigenvalue weighted by Crippen LogP contribution is 2.32. The molecule has 1 aliphatic rings. The fraction of sp³-hybridized carbons (Fsp3) is 0.316. The van der Waals surface area contributed by atoms with Crippen molar-refractivity contribution in [3.63, 3.8) is 0 Å². The average Bonchev–Trinajstić information content (AvgIpc) is 3.09. The summed E-state index contributed by atoms with van der Waals surface area (Å²) in [6, 6.07) is 16.4. The van der Waals surface area contributed by atoms with Crippen molar-refractivity contribution in [2.75, 3.05) is 23.7 Å². The van der Waals surface area contributed by atoms with Gasteiger partial charge in [0.1, 0.15) is 6.54 Å². The van der Waals surface area contributed by atoms with Gasteiger partial charge < -0.3 is 4.90 Å². The molecule has 0 aromatic heterocycles. The van der Waals surface area contributed by atoms with E-state index in [9.17, 15) is 13.2 Å². The molecule has 0 saturated carbocycles. The molecule has 0 bridgehead atoms. The Bertz CT molecular complexity index is 887. The van der Waals surface area contributed by atoms with Gasteiger partial charge in [0, 0.05) is 11.6 Å². The molecular formula is C19H21ClN2O3S. The maximum atomic E-state index is 12.9. The Morgan fingerprint density at radius 3 is 2.58 bits per heavy atom. The van der Waals surface area contributed by atoms with Gasteiger partial charge in [-0.25, -0.2) is 8.42 Å². The topological polar surface area (TPSA) is 57.7 Å². The van der Waals surface area contributed by atoms with Crippen molar-refractivity contribution >= 4 is 33.2 Å². The van der Waals surface area contributed by atoms with Crippen LogP contribution in [-0.2, 0) is 14.8 Å². The molecule has 1 amide bonds. The van der Waals surface area contributed by atoms with Crippen LogP contribution in [0.25, 0.3) is 0 Å². The van der Waals surface area contributed by atoms with Gasteiger partial charge in [-0.15, -0.1) is 0 Å². The fourth-order valence-electron chi connectivity index (χ4n) is 3.33. The van der Waals surface area contributed by atoms with Gasteiger partial charge in [0.2, 0.25) is 15.9 Å². The summed E-state index contributed by atoms with van der Waals surface area (Å²) in [5.41, 5.74) is 1.47. The molecule has 26 heavy (non-hydrogen) atoms. The van der Waals surface area contributed by atoms with Gasteiger partial charge in [0.25, 0.3) is 0 Å². The third-order valence-corrected chi connectivity index (χ3v) is 5.91. The maximum absolute atomic E-state index is 12.9. The van der Waals surface area contributed by atoms with Gasteiger partial charge in [0.05, 0.1) is 18.0 Å². The standard InChI is InChI=1S/C19H21ClN2O3S/c1-26(24,25)22(17-10-5-9-16(20)13-17)14-19(23)21-12-6-11-18(21)15-7-3-2-4-8-15/h2-5,7-10,13,18H,6,11-12,14H2,1H3. The highest BCUT2D eigenvalue weighted by atomic mass is 35.5. The third kappa shape index (κ3) is 4.19. The van der Waals surface area contributed by atoms with E-state index in [2.05, 4.69) is 0 Å². The van der Waals surface area contributed by atoms with Crippen molar-refractivity contribution in [3.05, 3.63) is 65.2 Å². The Labute approximate surface area is 159 Å². The van der Waals surface area contributed by atoms with Crippen LogP contribution < -0.4 is 4.31 Å². The molecule has 3 rings (SSSR count). The summed E-state index contributed by atoms with van der Waals surface area (Å²) < 4.78 is 25.6. The highest BCUT2D eigenvalue weighted by molar-refractivity contribution is 7.92. The van der Waals surface area contributed by atoms with Crippen molar-refractivity contribution in [1.82, 2.24) is 4.90 Å². The second kappa shape index (κ2) is 7.68. The molecule has 2 aromatic rings. The maximum Gasteiger partial charge on any atom is 0.243 e. The molecule has 1 atom stereocenters. The minimum absolute atomic E-state index is 0.00975. The van der Waals surface area contributed by atoms with Crippen molar-refractivity contribution < 1.29 is 13.2 Å². The predicted molar refractivity (Wildman–Crippen MR) is 104 cm³/mol. The summed E-state index contributed by atoms with van der Waals surface area (Å²) in [6.45, 7) is 0.397. The Morgan fingerprint density at radius 2 is 1.92 bits per heavy atom. The largest absolute Gasteiger partial charge is 0.334 e. The van der Waals surface area contributed by atoms with Crippen LogP contribution in [0, 0.1) is 0 Å². The van der Waals surface area contributed by atoms with E-state index in [4.69, 9.17) is 11.6 Å². The van der Waals surface area contributed by atoms with Crippen LogP contribution in [0.15, 0.2) is 54.6 Å². The van der Waals surface area contributed by atoms with E-state index in [1.807, 2.05) is 30.3 Å². The van der Waals surface area contributed by atoms with E-state index in [-0.39, 0.29) is 18.5 Å². The smallest absolute Gasteiger partial charge is 0.243 e. The van der Waals surface area contributed by atoms with Crippen LogP contribution in [-0.4, -0.2) is 38.6 Å². The molecule has 5 nitrogen and oxygen atoms in total. The van der Waals surface area contributed by atoms with Crippen LogP contribution in [0.4, 0.5) is 5.69 Å². The highest BCUT2D eigenvalue weighted by Gasteiger charge is 2.32. The summed E-state index contributed by atoms with van der Waals surface area (Å²) >= 11 is 5.99. The van der Waals surface area contributed by atoms with Gasteiger partial charge in [-0.2, -0.15) is 0 Å². The lowest BCUT2D eigenvalue weighted by Gasteiger charge is -2.29. The number of sulfonamides is 1. The summed E-state index contributed by atoms with van der Waals surface area (Å²) in [5.74, 6) is -0.207. The Kier molecular flexibility index (Phi) is 5.53. The predicted octanol–water partition coefficient (Wildman–Crippen LogP) is 3.47. The van der Waals surface area contributed by atoms with Crippen molar-refractivity contribution in [1.29, 1.82) is 0 Å². The minimum Gasteiger partial charge on any atom is -0.334 e. The first kappa shape index (κ1) is 18.7. The number of hydrogen-bond donors (Lipinski definition) is 0. The van der Waals surface area contributed by atoms with Gasteiger partial charge in [-0.1, -0.05) is 48.0 Å². The van der Waals surface area contributed by atoms with Crippen molar-refractivity contribution in [2.24, 2.45) is 0 Å². The number of amides is 1. The van der Waals surface area contributed by atoms with Crippen LogP contribution >= 0.6 is 11.6 Å². The number of carbonyl (C=O) groups excluding carboxylic acids is 1. The number of likely N-dealkylation sites (tertiary alicyclic amines) is 1. The number of halogens is 1. The molecule has 1 aliphatic heterocycles. The number of anilines is 1. The van der Waals surface area contributed by atoms with Crippen molar-refractivity contribution in [3.8, 4) is 0 Å². The second-order valence-electron chi connectivity index (χ2n) is 6.41. The molecule has 0 radical (unpaired) electrons. The molecule has 1 saturated heterocycles. The average molecular weight is 393 g/mol. The van der Waals surface area contributed by atoms with Crippen LogP contribution in [0.3, 0.4) is 0 Å². The van der Waals surface area contributed by atoms with Gasteiger partial charge in [-0.05, 0) is 36.6 Å². The monoisotopic (exact) mass is 392 g/mol. The molecular weight excluding hydrogens is 372 g/mol. The zero-order valence-corrected chi connectivity index (χ0v) is 16.1. The molecule has 2 aromatic carbocycles. The number of hydrogen-bond acceptors (Lipinski definition) is 3. The lowest BCUT2D eigenvalue weighted by Crippen LogP contribution is -2.42. The van der Waals surface area contributed by atoms with Crippen LogP contribution in [0.5, 0.6) is 0 Å². The van der Waals surface area contributed by atoms with E-state index in [0.29, 0.717) is 17.3 Å². The molecule has 7 heteroatoms. The zero-order chi connectivity index (χ0) is 18.7. The molecule has 0 spiro atoms. The first-order valence-corrected chi connectivity index (χ1v) is 10.7. The summed E-state index contributed by atoms with van der Waals surface area (Å²) in [7, 11) is -3.61. The van der Waals surface area contributed by atoms with E-state index >= 15 is 0 Å². The quantitative estimate of drug-likeness (QED) is 0.782. The zero-order valence-electron chi connectivity index (χ0n) is 14.5. The van der Waals surface area contributed by atoms with Crippen LogP contribution in [0.1, 0.15) is 24.4 Å². The third-order valence-electron chi connectivity index (χ3n) is 4.53. The van der Waals surface area contributed by atoms with Gasteiger partial charge in [0.15, 0.2) is 0 Å². The number of nitrogens with zero attached hydrogens (tertiary/aromatic N) is 2. The fourth-order valence-corrected chi connectivity index (χ4v) is 4.36. The summed E-state index contributed by atoms with van der Waals surface area (Å²) in [6.07, 6.45) is 2.88.